The maximum atomic E-state index is 5.69. The van der Waals surface area contributed by atoms with Crippen molar-refractivity contribution in [1.82, 2.24) is 4.90 Å². The molecule has 1 rings (SSSR count). The molecule has 0 aliphatic heterocycles. The van der Waals surface area contributed by atoms with Crippen molar-refractivity contribution in [2.45, 2.75) is 32.9 Å². The van der Waals surface area contributed by atoms with Gasteiger partial charge in [0.1, 0.15) is 0 Å². The van der Waals surface area contributed by atoms with Crippen LogP contribution in [0.4, 0.5) is 5.69 Å². The first-order valence-corrected chi connectivity index (χ1v) is 6.24. The number of ether oxygens (including phenoxy) is 1. The number of nitrogens with two attached hydrogens (primary N) is 1. The molecule has 0 spiro atoms. The highest BCUT2D eigenvalue weighted by Gasteiger charge is 2.11. The highest BCUT2D eigenvalue weighted by atomic mass is 16.5. The van der Waals surface area contributed by atoms with Gasteiger partial charge in [0.15, 0.2) is 0 Å². The van der Waals surface area contributed by atoms with Crippen LogP contribution < -0.4 is 5.73 Å². The average molecular weight is 236 g/mol. The summed E-state index contributed by atoms with van der Waals surface area (Å²) in [4.78, 5) is 2.45. The Labute approximate surface area is 105 Å². The summed E-state index contributed by atoms with van der Waals surface area (Å²) in [6.07, 6.45) is 1.07. The fourth-order valence-corrected chi connectivity index (χ4v) is 1.91. The number of nitrogens with zero attached hydrogens (tertiary/aromatic N) is 1. The minimum absolute atomic E-state index is 0.539. The topological polar surface area (TPSA) is 38.5 Å². The van der Waals surface area contributed by atoms with Gasteiger partial charge in [0, 0.05) is 32.0 Å². The molecule has 1 aromatic carbocycles. The third kappa shape index (κ3) is 4.75. The maximum absolute atomic E-state index is 5.69. The molecule has 0 saturated carbocycles. The van der Waals surface area contributed by atoms with E-state index in [1.165, 1.54) is 5.56 Å². The Hall–Kier alpha value is -1.06. The van der Waals surface area contributed by atoms with Crippen LogP contribution in [0, 0.1) is 0 Å². The number of anilines is 1. The number of hydrogen-bond donors (Lipinski definition) is 1. The van der Waals surface area contributed by atoms with Crippen LogP contribution in [0.25, 0.3) is 0 Å². The van der Waals surface area contributed by atoms with E-state index in [0.717, 1.165) is 31.8 Å². The van der Waals surface area contributed by atoms with E-state index in [1.807, 2.05) is 12.1 Å². The summed E-state index contributed by atoms with van der Waals surface area (Å²) >= 11 is 0. The lowest BCUT2D eigenvalue weighted by atomic mass is 10.1. The third-order valence-corrected chi connectivity index (χ3v) is 3.13. The van der Waals surface area contributed by atoms with Gasteiger partial charge in [-0.05, 0) is 37.6 Å². The molecule has 0 aliphatic carbocycles. The second kappa shape index (κ2) is 7.30. The fraction of sp³-hybridized carbons (Fsp3) is 0.571. The van der Waals surface area contributed by atoms with Gasteiger partial charge >= 0.3 is 0 Å². The lowest BCUT2D eigenvalue weighted by molar-refractivity contribution is 0.137. The standard InChI is InChI=1S/C14H24N2O/c1-4-16(12(2)9-10-17-3)11-13-5-7-14(15)8-6-13/h5-8,12H,4,9-11,15H2,1-3H3. The van der Waals surface area contributed by atoms with Crippen molar-refractivity contribution in [2.75, 3.05) is 26.0 Å². The van der Waals surface area contributed by atoms with Crippen LogP contribution in [0.1, 0.15) is 25.8 Å². The van der Waals surface area contributed by atoms with Crippen molar-refractivity contribution >= 4 is 5.69 Å². The summed E-state index contributed by atoms with van der Waals surface area (Å²) in [6.45, 7) is 7.29. The van der Waals surface area contributed by atoms with Crippen LogP contribution in [0.15, 0.2) is 24.3 Å². The quantitative estimate of drug-likeness (QED) is 0.739. The highest BCUT2D eigenvalue weighted by molar-refractivity contribution is 5.39. The van der Waals surface area contributed by atoms with E-state index < -0.39 is 0 Å². The Morgan fingerprint density at radius 1 is 1.29 bits per heavy atom. The van der Waals surface area contributed by atoms with E-state index >= 15 is 0 Å². The van der Waals surface area contributed by atoms with Crippen LogP contribution in [-0.2, 0) is 11.3 Å². The molecule has 3 nitrogen and oxygen atoms in total. The molecule has 0 fully saturated rings. The van der Waals surface area contributed by atoms with Crippen molar-refractivity contribution in [3.8, 4) is 0 Å². The van der Waals surface area contributed by atoms with Crippen molar-refractivity contribution < 1.29 is 4.74 Å². The Bertz CT molecular complexity index is 311. The van der Waals surface area contributed by atoms with E-state index in [2.05, 4.69) is 30.9 Å². The first kappa shape index (κ1) is 14.0. The second-order valence-electron chi connectivity index (χ2n) is 4.44. The van der Waals surface area contributed by atoms with Crippen molar-refractivity contribution in [3.63, 3.8) is 0 Å². The molecule has 1 aromatic rings. The predicted octanol–water partition coefficient (Wildman–Crippen LogP) is 2.52. The second-order valence-corrected chi connectivity index (χ2v) is 4.44. The molecule has 0 amide bonds. The van der Waals surface area contributed by atoms with Gasteiger partial charge in [-0.15, -0.1) is 0 Å². The van der Waals surface area contributed by atoms with Crippen LogP contribution in [0.3, 0.4) is 0 Å². The molecular formula is C14H24N2O. The molecular weight excluding hydrogens is 212 g/mol. The highest BCUT2D eigenvalue weighted by Crippen LogP contribution is 2.12. The van der Waals surface area contributed by atoms with E-state index in [4.69, 9.17) is 10.5 Å². The predicted molar refractivity (Wildman–Crippen MR) is 72.9 cm³/mol. The molecule has 2 N–H and O–H groups in total. The lowest BCUT2D eigenvalue weighted by Gasteiger charge is -2.27. The summed E-state index contributed by atoms with van der Waals surface area (Å²) in [5.41, 5.74) is 7.82. The normalized spacial score (nSPS) is 12.9. The Balaban J connectivity index is 2.53. The van der Waals surface area contributed by atoms with Crippen LogP contribution >= 0.6 is 0 Å². The summed E-state index contributed by atoms with van der Waals surface area (Å²) in [5, 5.41) is 0. The zero-order chi connectivity index (χ0) is 12.7. The summed E-state index contributed by atoms with van der Waals surface area (Å²) in [7, 11) is 1.75. The fourth-order valence-electron chi connectivity index (χ4n) is 1.91. The maximum Gasteiger partial charge on any atom is 0.0477 e. The Morgan fingerprint density at radius 2 is 1.94 bits per heavy atom. The van der Waals surface area contributed by atoms with Gasteiger partial charge in [-0.25, -0.2) is 0 Å². The largest absolute Gasteiger partial charge is 0.399 e. The van der Waals surface area contributed by atoms with E-state index in [-0.39, 0.29) is 0 Å². The zero-order valence-corrected chi connectivity index (χ0v) is 11.1. The van der Waals surface area contributed by atoms with Gasteiger partial charge in [-0.2, -0.15) is 0 Å². The van der Waals surface area contributed by atoms with Gasteiger partial charge in [0.2, 0.25) is 0 Å². The monoisotopic (exact) mass is 236 g/mol. The first-order valence-electron chi connectivity index (χ1n) is 6.24. The number of methoxy groups -OCH3 is 1. The van der Waals surface area contributed by atoms with Crippen LogP contribution in [0.2, 0.25) is 0 Å². The molecule has 0 bridgehead atoms. The molecule has 17 heavy (non-hydrogen) atoms. The minimum atomic E-state index is 0.539. The van der Waals surface area contributed by atoms with E-state index in [0.29, 0.717) is 6.04 Å². The van der Waals surface area contributed by atoms with Gasteiger partial charge in [-0.1, -0.05) is 19.1 Å². The molecule has 0 aromatic heterocycles. The van der Waals surface area contributed by atoms with Crippen LogP contribution in [0.5, 0.6) is 0 Å². The SMILES string of the molecule is CCN(Cc1ccc(N)cc1)C(C)CCOC. The molecule has 0 radical (unpaired) electrons. The molecule has 0 saturated heterocycles. The number of rotatable bonds is 7. The smallest absolute Gasteiger partial charge is 0.0477 e. The van der Waals surface area contributed by atoms with Gasteiger partial charge in [-0.3, -0.25) is 4.90 Å². The third-order valence-electron chi connectivity index (χ3n) is 3.13. The zero-order valence-electron chi connectivity index (χ0n) is 11.1. The van der Waals surface area contributed by atoms with Crippen molar-refractivity contribution in [3.05, 3.63) is 29.8 Å². The summed E-state index contributed by atoms with van der Waals surface area (Å²) < 4.78 is 5.13. The molecule has 0 aliphatic rings. The molecule has 0 heterocycles. The molecule has 96 valence electrons. The summed E-state index contributed by atoms with van der Waals surface area (Å²) in [5.74, 6) is 0. The minimum Gasteiger partial charge on any atom is -0.399 e. The van der Waals surface area contributed by atoms with E-state index in [1.54, 1.807) is 7.11 Å². The van der Waals surface area contributed by atoms with Gasteiger partial charge in [0.25, 0.3) is 0 Å². The van der Waals surface area contributed by atoms with Gasteiger partial charge < -0.3 is 10.5 Å². The summed E-state index contributed by atoms with van der Waals surface area (Å²) in [6, 6.07) is 8.66. The number of nitrogen functional groups attached to an aromatic ring is 1. The first-order chi connectivity index (χ1) is 8.17. The number of hydrogen-bond acceptors (Lipinski definition) is 3. The van der Waals surface area contributed by atoms with Crippen molar-refractivity contribution in [1.29, 1.82) is 0 Å². The Kier molecular flexibility index (Phi) is 6.01. The molecule has 1 unspecified atom stereocenters. The van der Waals surface area contributed by atoms with Crippen LogP contribution in [-0.4, -0.2) is 31.2 Å². The van der Waals surface area contributed by atoms with Crippen molar-refractivity contribution in [2.24, 2.45) is 0 Å². The van der Waals surface area contributed by atoms with Gasteiger partial charge in [0.05, 0.1) is 0 Å². The molecule has 3 heteroatoms. The average Bonchev–Trinajstić information content (AvgIpc) is 2.35. The number of benzene rings is 1. The molecule has 1 atom stereocenters. The Morgan fingerprint density at radius 3 is 2.47 bits per heavy atom. The van der Waals surface area contributed by atoms with E-state index in [9.17, 15) is 0 Å². The lowest BCUT2D eigenvalue weighted by Crippen LogP contribution is -2.33.